The number of carbonyl (C=O) groups is 2. The fourth-order valence-corrected chi connectivity index (χ4v) is 5.00. The summed E-state index contributed by atoms with van der Waals surface area (Å²) in [6, 6.07) is 25.9. The average Bonchev–Trinajstić information content (AvgIpc) is 3.04. The molecular weight excluding hydrogens is 554 g/mol. The molecule has 0 saturated carbocycles. The number of carbonyl (C=O) groups excluding carboxylic acids is 2. The second-order valence-corrected chi connectivity index (χ2v) is 10.3. The van der Waals surface area contributed by atoms with E-state index >= 15 is 0 Å². The van der Waals surface area contributed by atoms with E-state index in [4.69, 9.17) is 21.1 Å². The molecule has 216 valence electrons. The van der Waals surface area contributed by atoms with E-state index in [2.05, 4.69) is 15.1 Å². The number of aromatic nitrogens is 2. The lowest BCUT2D eigenvalue weighted by Gasteiger charge is -2.36. The minimum Gasteiger partial charge on any atom is -0.493 e. The molecule has 0 unspecified atom stereocenters. The number of ether oxygens (including phenoxy) is 2. The van der Waals surface area contributed by atoms with Crippen molar-refractivity contribution in [3.8, 4) is 22.8 Å². The summed E-state index contributed by atoms with van der Waals surface area (Å²) in [5.41, 5.74) is 3.03. The number of halogens is 1. The molecule has 10 heteroatoms. The largest absolute Gasteiger partial charge is 0.493 e. The molecule has 0 aliphatic carbocycles. The summed E-state index contributed by atoms with van der Waals surface area (Å²) in [7, 11) is 3.19. The highest BCUT2D eigenvalue weighted by Crippen LogP contribution is 2.31. The molecule has 1 aliphatic heterocycles. The van der Waals surface area contributed by atoms with Crippen molar-refractivity contribution in [2.24, 2.45) is 0 Å². The Balaban J connectivity index is 1.21. The van der Waals surface area contributed by atoms with Gasteiger partial charge in [-0.15, -0.1) is 10.2 Å². The van der Waals surface area contributed by atoms with Crippen LogP contribution in [0.5, 0.6) is 11.5 Å². The van der Waals surface area contributed by atoms with Crippen molar-refractivity contribution >= 4 is 29.2 Å². The molecular formula is C32H32ClN5O4. The summed E-state index contributed by atoms with van der Waals surface area (Å²) in [5, 5.41) is 9.42. The van der Waals surface area contributed by atoms with Crippen LogP contribution in [0.3, 0.4) is 0 Å². The molecule has 42 heavy (non-hydrogen) atoms. The molecule has 2 amide bonds. The zero-order valence-corrected chi connectivity index (χ0v) is 24.3. The van der Waals surface area contributed by atoms with Crippen LogP contribution in [-0.2, 0) is 11.3 Å². The number of rotatable bonds is 9. The van der Waals surface area contributed by atoms with Gasteiger partial charge in [-0.1, -0.05) is 41.9 Å². The van der Waals surface area contributed by atoms with Crippen molar-refractivity contribution in [1.29, 1.82) is 0 Å². The molecule has 0 atom stereocenters. The SMILES string of the molecule is COc1ccc(-c2ccc(N3CCN(C(=O)CN(Cc4ccccc4)C(=O)c4ccc(Cl)cc4)CC3)nn2)cc1OC. The van der Waals surface area contributed by atoms with Crippen molar-refractivity contribution in [3.63, 3.8) is 0 Å². The molecule has 1 aliphatic rings. The van der Waals surface area contributed by atoms with E-state index in [0.29, 0.717) is 54.8 Å². The maximum atomic E-state index is 13.4. The van der Waals surface area contributed by atoms with E-state index in [1.54, 1.807) is 48.3 Å². The number of hydrogen-bond acceptors (Lipinski definition) is 7. The van der Waals surface area contributed by atoms with Crippen molar-refractivity contribution in [3.05, 3.63) is 101 Å². The number of benzene rings is 3. The average molecular weight is 586 g/mol. The second-order valence-electron chi connectivity index (χ2n) is 9.87. The number of nitrogens with zero attached hydrogens (tertiary/aromatic N) is 5. The lowest BCUT2D eigenvalue weighted by Crippen LogP contribution is -2.52. The molecule has 0 spiro atoms. The summed E-state index contributed by atoms with van der Waals surface area (Å²) < 4.78 is 10.7. The fraction of sp³-hybridized carbons (Fsp3) is 0.250. The lowest BCUT2D eigenvalue weighted by molar-refractivity contribution is -0.132. The Kier molecular flexibility index (Phi) is 9.18. The van der Waals surface area contributed by atoms with Gasteiger partial charge in [0.15, 0.2) is 17.3 Å². The highest BCUT2D eigenvalue weighted by molar-refractivity contribution is 6.30. The third kappa shape index (κ3) is 6.80. The van der Waals surface area contributed by atoms with E-state index in [-0.39, 0.29) is 18.4 Å². The number of hydrogen-bond donors (Lipinski definition) is 0. The monoisotopic (exact) mass is 585 g/mol. The standard InChI is InChI=1S/C32H32ClN5O4/c1-41-28-14-10-25(20-29(28)42-2)27-13-15-30(35-34-27)36-16-18-37(19-17-36)31(39)22-38(21-23-6-4-3-5-7-23)32(40)24-8-11-26(33)12-9-24/h3-15,20H,16-19,21-22H2,1-2H3. The minimum atomic E-state index is -0.215. The van der Waals surface area contributed by atoms with E-state index in [1.807, 2.05) is 60.7 Å². The molecule has 4 aromatic rings. The van der Waals surface area contributed by atoms with E-state index in [1.165, 1.54) is 0 Å². The summed E-state index contributed by atoms with van der Waals surface area (Å²) in [4.78, 5) is 32.3. The molecule has 5 rings (SSSR count). The number of piperazine rings is 1. The number of anilines is 1. The smallest absolute Gasteiger partial charge is 0.254 e. The first-order chi connectivity index (χ1) is 20.4. The first kappa shape index (κ1) is 28.9. The van der Waals surface area contributed by atoms with E-state index in [0.717, 1.165) is 22.6 Å². The predicted octanol–water partition coefficient (Wildman–Crippen LogP) is 4.81. The normalized spacial score (nSPS) is 13.0. The van der Waals surface area contributed by atoms with Gasteiger partial charge in [0, 0.05) is 48.9 Å². The third-order valence-corrected chi connectivity index (χ3v) is 7.46. The van der Waals surface area contributed by atoms with E-state index in [9.17, 15) is 9.59 Å². The van der Waals surface area contributed by atoms with Gasteiger partial charge in [0.1, 0.15) is 6.54 Å². The van der Waals surface area contributed by atoms with Gasteiger partial charge in [0.25, 0.3) is 5.91 Å². The molecule has 1 fully saturated rings. The highest BCUT2D eigenvalue weighted by atomic mass is 35.5. The third-order valence-electron chi connectivity index (χ3n) is 7.21. The van der Waals surface area contributed by atoms with Gasteiger partial charge in [-0.3, -0.25) is 9.59 Å². The van der Waals surface area contributed by atoms with Gasteiger partial charge in [0.2, 0.25) is 5.91 Å². The molecule has 1 saturated heterocycles. The van der Waals surface area contributed by atoms with Gasteiger partial charge in [-0.2, -0.15) is 0 Å². The number of methoxy groups -OCH3 is 2. The topological polar surface area (TPSA) is 88.1 Å². The Labute approximate surface area is 250 Å². The Morgan fingerprint density at radius 2 is 1.55 bits per heavy atom. The molecule has 3 aromatic carbocycles. The zero-order chi connectivity index (χ0) is 29.5. The first-order valence-electron chi connectivity index (χ1n) is 13.6. The maximum absolute atomic E-state index is 13.4. The predicted molar refractivity (Wildman–Crippen MR) is 162 cm³/mol. The van der Waals surface area contributed by atoms with Gasteiger partial charge < -0.3 is 24.2 Å². The van der Waals surface area contributed by atoms with Crippen LogP contribution < -0.4 is 14.4 Å². The fourth-order valence-electron chi connectivity index (χ4n) is 4.87. The summed E-state index contributed by atoms with van der Waals surface area (Å²) >= 11 is 6.02. The van der Waals surface area contributed by atoms with Gasteiger partial charge in [-0.05, 0) is 60.2 Å². The van der Waals surface area contributed by atoms with Crippen LogP contribution in [0.2, 0.25) is 5.02 Å². The molecule has 0 radical (unpaired) electrons. The van der Waals surface area contributed by atoms with Crippen LogP contribution >= 0.6 is 11.6 Å². The van der Waals surface area contributed by atoms with Crippen molar-refractivity contribution in [2.45, 2.75) is 6.54 Å². The summed E-state index contributed by atoms with van der Waals surface area (Å²) in [5.74, 6) is 1.71. The molecule has 1 aromatic heterocycles. The molecule has 0 bridgehead atoms. The molecule has 0 N–H and O–H groups in total. The first-order valence-corrected chi connectivity index (χ1v) is 14.0. The quantitative estimate of drug-likeness (QED) is 0.279. The van der Waals surface area contributed by atoms with Crippen LogP contribution in [-0.4, -0.2) is 78.8 Å². The Morgan fingerprint density at radius 3 is 2.19 bits per heavy atom. The van der Waals surface area contributed by atoms with Crippen molar-refractivity contribution in [2.75, 3.05) is 51.8 Å². The van der Waals surface area contributed by atoms with Crippen LogP contribution in [0.15, 0.2) is 84.9 Å². The van der Waals surface area contributed by atoms with Crippen LogP contribution in [0.1, 0.15) is 15.9 Å². The van der Waals surface area contributed by atoms with Crippen LogP contribution in [0.25, 0.3) is 11.3 Å². The molecule has 2 heterocycles. The summed E-state index contributed by atoms with van der Waals surface area (Å²) in [6.45, 7) is 2.57. The Morgan fingerprint density at radius 1 is 0.833 bits per heavy atom. The minimum absolute atomic E-state index is 0.0177. The number of amides is 2. The van der Waals surface area contributed by atoms with E-state index < -0.39 is 0 Å². The maximum Gasteiger partial charge on any atom is 0.254 e. The van der Waals surface area contributed by atoms with Crippen molar-refractivity contribution in [1.82, 2.24) is 20.0 Å². The van der Waals surface area contributed by atoms with Crippen LogP contribution in [0.4, 0.5) is 5.82 Å². The summed E-state index contributed by atoms with van der Waals surface area (Å²) in [6.07, 6.45) is 0. The lowest BCUT2D eigenvalue weighted by atomic mass is 10.1. The van der Waals surface area contributed by atoms with Crippen molar-refractivity contribution < 1.29 is 19.1 Å². The molecule has 9 nitrogen and oxygen atoms in total. The Bertz CT molecular complexity index is 1510. The van der Waals surface area contributed by atoms with Gasteiger partial charge >= 0.3 is 0 Å². The van der Waals surface area contributed by atoms with Crippen LogP contribution in [0, 0.1) is 0 Å². The second kappa shape index (κ2) is 13.4. The van der Waals surface area contributed by atoms with Gasteiger partial charge in [-0.25, -0.2) is 0 Å². The zero-order valence-electron chi connectivity index (χ0n) is 23.6. The Hall–Kier alpha value is -4.63. The highest BCUT2D eigenvalue weighted by Gasteiger charge is 2.26. The van der Waals surface area contributed by atoms with Gasteiger partial charge in [0.05, 0.1) is 19.9 Å².